The largest absolute Gasteiger partial charge is 0.493 e. The molecule has 1 aliphatic heterocycles. The lowest BCUT2D eigenvalue weighted by molar-refractivity contribution is -0.124. The van der Waals surface area contributed by atoms with Gasteiger partial charge in [0.25, 0.3) is 0 Å². The number of nitrogens with two attached hydrogens (primary N) is 1. The van der Waals surface area contributed by atoms with Crippen molar-refractivity contribution in [3.8, 4) is 11.5 Å². The SMILES string of the molecule is COc1cc2c(cc1OC)C(C=Cc1cccc(F)c1F)N(C(C(N)=O)c1ccccc1)CC2. The molecule has 0 aliphatic carbocycles. The Kier molecular flexibility index (Phi) is 6.93. The standard InChI is InChI=1S/C27H26F2N2O3/c1-33-23-15-19-13-14-31(26(27(30)32)18-7-4-3-5-8-18)22(20(19)16-24(23)34-2)12-11-17-9-6-10-21(28)25(17)29/h3-12,15-16,22,26H,13-14H2,1-2H3,(H2,30,32). The molecule has 2 N–H and O–H groups in total. The van der Waals surface area contributed by atoms with Crippen molar-refractivity contribution in [2.45, 2.75) is 18.5 Å². The number of methoxy groups -OCH3 is 2. The van der Waals surface area contributed by atoms with Crippen LogP contribution < -0.4 is 15.2 Å². The molecule has 2 unspecified atom stereocenters. The van der Waals surface area contributed by atoms with Crippen molar-refractivity contribution in [1.82, 2.24) is 4.90 Å². The van der Waals surface area contributed by atoms with Gasteiger partial charge in [-0.2, -0.15) is 0 Å². The third-order valence-electron chi connectivity index (χ3n) is 6.12. The van der Waals surface area contributed by atoms with Crippen LogP contribution in [0.25, 0.3) is 6.08 Å². The highest BCUT2D eigenvalue weighted by Gasteiger charge is 2.35. The summed E-state index contributed by atoms with van der Waals surface area (Å²) in [6.07, 6.45) is 3.94. The van der Waals surface area contributed by atoms with Crippen LogP contribution in [0, 0.1) is 11.6 Å². The third-order valence-corrected chi connectivity index (χ3v) is 6.12. The van der Waals surface area contributed by atoms with E-state index in [-0.39, 0.29) is 5.56 Å². The maximum Gasteiger partial charge on any atom is 0.239 e. The zero-order valence-electron chi connectivity index (χ0n) is 19.0. The van der Waals surface area contributed by atoms with Crippen molar-refractivity contribution in [1.29, 1.82) is 0 Å². The molecule has 1 heterocycles. The second-order valence-corrected chi connectivity index (χ2v) is 8.06. The molecule has 3 aromatic carbocycles. The molecule has 3 aromatic rings. The van der Waals surface area contributed by atoms with Crippen LogP contribution in [0.3, 0.4) is 0 Å². The first-order valence-corrected chi connectivity index (χ1v) is 10.9. The predicted octanol–water partition coefficient (Wildman–Crippen LogP) is 4.82. The summed E-state index contributed by atoms with van der Waals surface area (Å²) < 4.78 is 39.1. The first-order chi connectivity index (χ1) is 16.4. The van der Waals surface area contributed by atoms with Gasteiger partial charge in [0, 0.05) is 12.1 Å². The maximum atomic E-state index is 14.4. The Morgan fingerprint density at radius 1 is 1.06 bits per heavy atom. The van der Waals surface area contributed by atoms with Crippen LogP contribution >= 0.6 is 0 Å². The van der Waals surface area contributed by atoms with Gasteiger partial charge in [-0.15, -0.1) is 0 Å². The van der Waals surface area contributed by atoms with Crippen LogP contribution in [0.5, 0.6) is 11.5 Å². The summed E-state index contributed by atoms with van der Waals surface area (Å²) in [5, 5.41) is 0. The van der Waals surface area contributed by atoms with E-state index in [0.29, 0.717) is 24.5 Å². The van der Waals surface area contributed by atoms with Crippen LogP contribution in [0.15, 0.2) is 66.7 Å². The smallest absolute Gasteiger partial charge is 0.239 e. The zero-order chi connectivity index (χ0) is 24.2. The first-order valence-electron chi connectivity index (χ1n) is 10.9. The summed E-state index contributed by atoms with van der Waals surface area (Å²) in [6, 6.07) is 15.9. The van der Waals surface area contributed by atoms with E-state index < -0.39 is 29.6 Å². The van der Waals surface area contributed by atoms with Gasteiger partial charge in [-0.05, 0) is 41.3 Å². The van der Waals surface area contributed by atoms with Gasteiger partial charge in [0.15, 0.2) is 23.1 Å². The van der Waals surface area contributed by atoms with Gasteiger partial charge < -0.3 is 15.2 Å². The Morgan fingerprint density at radius 2 is 1.76 bits per heavy atom. The molecule has 0 bridgehead atoms. The Morgan fingerprint density at radius 3 is 2.44 bits per heavy atom. The minimum Gasteiger partial charge on any atom is -0.493 e. The van der Waals surface area contributed by atoms with E-state index in [2.05, 4.69) is 0 Å². The predicted molar refractivity (Wildman–Crippen MR) is 126 cm³/mol. The Balaban J connectivity index is 1.85. The van der Waals surface area contributed by atoms with Crippen molar-refractivity contribution >= 4 is 12.0 Å². The first kappa shape index (κ1) is 23.4. The van der Waals surface area contributed by atoms with Gasteiger partial charge in [0.05, 0.1) is 20.3 Å². The average molecular weight is 465 g/mol. The van der Waals surface area contributed by atoms with E-state index in [4.69, 9.17) is 15.2 Å². The Bertz CT molecular complexity index is 1210. The van der Waals surface area contributed by atoms with Crippen molar-refractivity contribution in [3.05, 3.63) is 101 Å². The monoisotopic (exact) mass is 464 g/mol. The van der Waals surface area contributed by atoms with Crippen LogP contribution in [0.1, 0.15) is 34.3 Å². The molecule has 0 radical (unpaired) electrons. The van der Waals surface area contributed by atoms with Gasteiger partial charge in [0.2, 0.25) is 5.91 Å². The van der Waals surface area contributed by atoms with Crippen LogP contribution in [-0.4, -0.2) is 31.6 Å². The number of primary amides is 1. The van der Waals surface area contributed by atoms with Gasteiger partial charge in [-0.1, -0.05) is 54.6 Å². The molecular weight excluding hydrogens is 438 g/mol. The van der Waals surface area contributed by atoms with Crippen molar-refractivity contribution in [3.63, 3.8) is 0 Å². The fourth-order valence-electron chi connectivity index (χ4n) is 4.50. The quantitative estimate of drug-likeness (QED) is 0.545. The third kappa shape index (κ3) is 4.52. The number of ether oxygens (including phenoxy) is 2. The number of benzene rings is 3. The molecular formula is C27H26F2N2O3. The summed E-state index contributed by atoms with van der Waals surface area (Å²) in [7, 11) is 3.12. The van der Waals surface area contributed by atoms with Gasteiger partial charge in [-0.25, -0.2) is 8.78 Å². The second kappa shape index (κ2) is 10.1. The zero-order valence-corrected chi connectivity index (χ0v) is 19.0. The van der Waals surface area contributed by atoms with E-state index >= 15 is 0 Å². The van der Waals surface area contributed by atoms with Gasteiger partial charge >= 0.3 is 0 Å². The topological polar surface area (TPSA) is 64.8 Å². The molecule has 176 valence electrons. The summed E-state index contributed by atoms with van der Waals surface area (Å²) in [5.41, 5.74) is 8.64. The van der Waals surface area contributed by atoms with Crippen LogP contribution in [-0.2, 0) is 11.2 Å². The number of fused-ring (bicyclic) bond motifs is 1. The number of halogens is 2. The Labute approximate surface area is 197 Å². The fourth-order valence-corrected chi connectivity index (χ4v) is 4.50. The molecule has 1 amide bonds. The summed E-state index contributed by atoms with van der Waals surface area (Å²) in [4.78, 5) is 14.6. The highest BCUT2D eigenvalue weighted by atomic mass is 19.2. The maximum absolute atomic E-state index is 14.4. The number of nitrogens with zero attached hydrogens (tertiary/aromatic N) is 1. The van der Waals surface area contributed by atoms with E-state index in [0.717, 1.165) is 22.8 Å². The number of hydrogen-bond donors (Lipinski definition) is 1. The molecule has 1 aliphatic rings. The molecule has 0 aromatic heterocycles. The second-order valence-electron chi connectivity index (χ2n) is 8.06. The number of amides is 1. The molecule has 2 atom stereocenters. The fraction of sp³-hybridized carbons (Fsp3) is 0.222. The van der Waals surface area contributed by atoms with Crippen molar-refractivity contribution < 1.29 is 23.0 Å². The lowest BCUT2D eigenvalue weighted by Gasteiger charge is -2.40. The summed E-state index contributed by atoms with van der Waals surface area (Å²) in [6.45, 7) is 0.519. The van der Waals surface area contributed by atoms with Crippen molar-refractivity contribution in [2.75, 3.05) is 20.8 Å². The number of carbonyl (C=O) groups excluding carboxylic acids is 1. The molecule has 5 nitrogen and oxygen atoms in total. The molecule has 0 fully saturated rings. The van der Waals surface area contributed by atoms with E-state index in [9.17, 15) is 13.6 Å². The highest BCUT2D eigenvalue weighted by molar-refractivity contribution is 5.81. The van der Waals surface area contributed by atoms with Crippen molar-refractivity contribution in [2.24, 2.45) is 5.73 Å². The minimum absolute atomic E-state index is 0.114. The lowest BCUT2D eigenvalue weighted by atomic mass is 9.88. The lowest BCUT2D eigenvalue weighted by Crippen LogP contribution is -2.43. The molecule has 7 heteroatoms. The molecule has 4 rings (SSSR count). The van der Waals surface area contributed by atoms with E-state index in [1.807, 2.05) is 47.4 Å². The highest BCUT2D eigenvalue weighted by Crippen LogP contribution is 2.42. The Hall–Kier alpha value is -3.71. The average Bonchev–Trinajstić information content (AvgIpc) is 2.85. The van der Waals surface area contributed by atoms with Crippen LogP contribution in [0.2, 0.25) is 0 Å². The molecule has 0 saturated carbocycles. The number of rotatable bonds is 7. The number of carbonyl (C=O) groups is 1. The summed E-state index contributed by atoms with van der Waals surface area (Å²) >= 11 is 0. The van der Waals surface area contributed by atoms with E-state index in [1.165, 1.54) is 18.2 Å². The minimum atomic E-state index is -0.928. The van der Waals surface area contributed by atoms with Gasteiger partial charge in [0.1, 0.15) is 6.04 Å². The molecule has 0 saturated heterocycles. The summed E-state index contributed by atoms with van der Waals surface area (Å²) in [5.74, 6) is -1.21. The van der Waals surface area contributed by atoms with Gasteiger partial charge in [-0.3, -0.25) is 9.69 Å². The molecule has 34 heavy (non-hydrogen) atoms. The van der Waals surface area contributed by atoms with Crippen LogP contribution in [0.4, 0.5) is 8.78 Å². The normalized spacial score (nSPS) is 16.8. The number of hydrogen-bond acceptors (Lipinski definition) is 4. The molecule has 0 spiro atoms. The van der Waals surface area contributed by atoms with E-state index in [1.54, 1.807) is 20.3 Å².